The number of pyridine rings is 1. The van der Waals surface area contributed by atoms with Gasteiger partial charge in [0.25, 0.3) is 5.91 Å². The molecule has 2 heterocycles. The molecule has 0 N–H and O–H groups in total. The largest absolute Gasteiger partial charge is 0.497 e. The Labute approximate surface area is 128 Å². The maximum Gasteiger partial charge on any atom is 0.259 e. The standard InChI is InChI=1S/C18H14N2O2/c1-22-15-7-5-13-11-20(18(21)16(13)10-15)14-6-4-12-3-2-8-19-17(12)9-14/h2-10H,11H2,1H3. The molecule has 0 radical (unpaired) electrons. The number of amides is 1. The minimum atomic E-state index is 0.00387. The molecule has 2 aromatic carbocycles. The number of hydrogen-bond donors (Lipinski definition) is 0. The molecule has 0 saturated carbocycles. The normalized spacial score (nSPS) is 13.5. The van der Waals surface area contributed by atoms with Gasteiger partial charge in [0, 0.05) is 22.8 Å². The number of methoxy groups -OCH3 is 1. The van der Waals surface area contributed by atoms with Gasteiger partial charge in [-0.3, -0.25) is 9.78 Å². The molecule has 3 aromatic rings. The zero-order chi connectivity index (χ0) is 15.1. The van der Waals surface area contributed by atoms with Crippen molar-refractivity contribution in [3.05, 3.63) is 65.9 Å². The van der Waals surface area contributed by atoms with Gasteiger partial charge in [-0.1, -0.05) is 18.2 Å². The van der Waals surface area contributed by atoms with E-state index in [2.05, 4.69) is 4.98 Å². The number of hydrogen-bond acceptors (Lipinski definition) is 3. The summed E-state index contributed by atoms with van der Waals surface area (Å²) in [5, 5.41) is 1.07. The van der Waals surface area contributed by atoms with Crippen LogP contribution in [0.25, 0.3) is 10.9 Å². The van der Waals surface area contributed by atoms with Crippen LogP contribution in [0.5, 0.6) is 5.75 Å². The van der Waals surface area contributed by atoms with E-state index in [-0.39, 0.29) is 5.91 Å². The third-order valence-corrected chi connectivity index (χ3v) is 4.02. The SMILES string of the molecule is COc1ccc2c(c1)C(=O)N(c1ccc3cccnc3c1)C2. The molecule has 4 rings (SSSR count). The summed E-state index contributed by atoms with van der Waals surface area (Å²) in [6, 6.07) is 15.5. The second-order valence-electron chi connectivity index (χ2n) is 5.29. The molecule has 0 aliphatic carbocycles. The van der Waals surface area contributed by atoms with Crippen LogP contribution in [0.3, 0.4) is 0 Å². The lowest BCUT2D eigenvalue weighted by molar-refractivity contribution is 0.0996. The predicted octanol–water partition coefficient (Wildman–Crippen LogP) is 3.40. The van der Waals surface area contributed by atoms with Gasteiger partial charge < -0.3 is 9.64 Å². The Hall–Kier alpha value is -2.88. The minimum absolute atomic E-state index is 0.00387. The first kappa shape index (κ1) is 12.8. The van der Waals surface area contributed by atoms with Crippen molar-refractivity contribution < 1.29 is 9.53 Å². The van der Waals surface area contributed by atoms with E-state index in [0.717, 1.165) is 22.2 Å². The van der Waals surface area contributed by atoms with Crippen molar-refractivity contribution in [3.8, 4) is 5.75 Å². The molecule has 108 valence electrons. The zero-order valence-electron chi connectivity index (χ0n) is 12.1. The molecule has 22 heavy (non-hydrogen) atoms. The summed E-state index contributed by atoms with van der Waals surface area (Å²) < 4.78 is 5.21. The van der Waals surface area contributed by atoms with E-state index in [0.29, 0.717) is 17.9 Å². The molecule has 1 aliphatic heterocycles. The monoisotopic (exact) mass is 290 g/mol. The molecule has 4 heteroatoms. The number of fused-ring (bicyclic) bond motifs is 2. The highest BCUT2D eigenvalue weighted by molar-refractivity contribution is 6.10. The van der Waals surface area contributed by atoms with Gasteiger partial charge in [-0.15, -0.1) is 0 Å². The lowest BCUT2D eigenvalue weighted by Crippen LogP contribution is -2.22. The molecule has 0 unspecified atom stereocenters. The van der Waals surface area contributed by atoms with E-state index in [1.54, 1.807) is 24.3 Å². The fourth-order valence-corrected chi connectivity index (χ4v) is 2.84. The molecule has 1 aliphatic rings. The first-order valence-electron chi connectivity index (χ1n) is 7.10. The number of aromatic nitrogens is 1. The molecular weight excluding hydrogens is 276 g/mol. The fourth-order valence-electron chi connectivity index (χ4n) is 2.84. The van der Waals surface area contributed by atoms with Crippen molar-refractivity contribution in [3.63, 3.8) is 0 Å². The Morgan fingerprint density at radius 2 is 2.05 bits per heavy atom. The molecule has 4 nitrogen and oxygen atoms in total. The average Bonchev–Trinajstić information content (AvgIpc) is 2.90. The number of nitrogens with zero attached hydrogens (tertiary/aromatic N) is 2. The summed E-state index contributed by atoms with van der Waals surface area (Å²) in [6.45, 7) is 0.580. The maximum atomic E-state index is 12.7. The zero-order valence-corrected chi connectivity index (χ0v) is 12.1. The Morgan fingerprint density at radius 1 is 1.14 bits per heavy atom. The Morgan fingerprint density at radius 3 is 2.91 bits per heavy atom. The van der Waals surface area contributed by atoms with E-state index < -0.39 is 0 Å². The molecule has 0 bridgehead atoms. The highest BCUT2D eigenvalue weighted by atomic mass is 16.5. The summed E-state index contributed by atoms with van der Waals surface area (Å²) in [4.78, 5) is 18.8. The van der Waals surface area contributed by atoms with Crippen molar-refractivity contribution in [1.82, 2.24) is 4.98 Å². The van der Waals surface area contributed by atoms with Crippen molar-refractivity contribution in [2.45, 2.75) is 6.54 Å². The van der Waals surface area contributed by atoms with Crippen LogP contribution in [0.15, 0.2) is 54.7 Å². The second kappa shape index (κ2) is 4.84. The maximum absolute atomic E-state index is 12.7. The third-order valence-electron chi connectivity index (χ3n) is 4.02. The van der Waals surface area contributed by atoms with Gasteiger partial charge in [-0.25, -0.2) is 0 Å². The van der Waals surface area contributed by atoms with Gasteiger partial charge in [0.1, 0.15) is 5.75 Å². The average molecular weight is 290 g/mol. The number of carbonyl (C=O) groups excluding carboxylic acids is 1. The molecule has 1 amide bonds. The van der Waals surface area contributed by atoms with Crippen LogP contribution in [-0.2, 0) is 6.54 Å². The van der Waals surface area contributed by atoms with Gasteiger partial charge in [-0.2, -0.15) is 0 Å². The van der Waals surface area contributed by atoms with Crippen LogP contribution >= 0.6 is 0 Å². The van der Waals surface area contributed by atoms with Crippen LogP contribution in [0.1, 0.15) is 15.9 Å². The van der Waals surface area contributed by atoms with E-state index >= 15 is 0 Å². The van der Waals surface area contributed by atoms with Crippen LogP contribution < -0.4 is 9.64 Å². The highest BCUT2D eigenvalue weighted by Gasteiger charge is 2.29. The first-order chi connectivity index (χ1) is 10.8. The summed E-state index contributed by atoms with van der Waals surface area (Å²) in [6.07, 6.45) is 1.76. The molecule has 0 atom stereocenters. The molecule has 0 saturated heterocycles. The number of ether oxygens (including phenoxy) is 1. The minimum Gasteiger partial charge on any atom is -0.497 e. The summed E-state index contributed by atoms with van der Waals surface area (Å²) in [7, 11) is 1.61. The van der Waals surface area contributed by atoms with Crippen molar-refractivity contribution >= 4 is 22.5 Å². The van der Waals surface area contributed by atoms with Crippen LogP contribution in [0, 0.1) is 0 Å². The van der Waals surface area contributed by atoms with Crippen LogP contribution in [0.2, 0.25) is 0 Å². The van der Waals surface area contributed by atoms with Crippen LogP contribution in [-0.4, -0.2) is 18.0 Å². The van der Waals surface area contributed by atoms with Gasteiger partial charge in [0.2, 0.25) is 0 Å². The van der Waals surface area contributed by atoms with E-state index in [1.807, 2.05) is 42.5 Å². The van der Waals surface area contributed by atoms with E-state index in [4.69, 9.17) is 4.74 Å². The predicted molar refractivity (Wildman–Crippen MR) is 85.3 cm³/mol. The summed E-state index contributed by atoms with van der Waals surface area (Å²) in [5.74, 6) is 0.707. The first-order valence-corrected chi connectivity index (χ1v) is 7.10. The molecule has 0 spiro atoms. The van der Waals surface area contributed by atoms with E-state index in [9.17, 15) is 4.79 Å². The smallest absolute Gasteiger partial charge is 0.259 e. The lowest BCUT2D eigenvalue weighted by Gasteiger charge is -2.16. The lowest BCUT2D eigenvalue weighted by atomic mass is 10.1. The molecule has 0 fully saturated rings. The van der Waals surface area contributed by atoms with E-state index in [1.165, 1.54) is 0 Å². The van der Waals surface area contributed by atoms with Gasteiger partial charge in [0.15, 0.2) is 0 Å². The number of carbonyl (C=O) groups is 1. The van der Waals surface area contributed by atoms with Gasteiger partial charge in [-0.05, 0) is 35.9 Å². The Kier molecular flexibility index (Phi) is 2.82. The van der Waals surface area contributed by atoms with Crippen molar-refractivity contribution in [2.24, 2.45) is 0 Å². The van der Waals surface area contributed by atoms with Crippen molar-refractivity contribution in [2.75, 3.05) is 12.0 Å². The summed E-state index contributed by atoms with van der Waals surface area (Å²) >= 11 is 0. The topological polar surface area (TPSA) is 42.4 Å². The molecule has 1 aromatic heterocycles. The highest BCUT2D eigenvalue weighted by Crippen LogP contribution is 2.31. The number of anilines is 1. The number of benzene rings is 2. The third kappa shape index (κ3) is 1.92. The second-order valence-corrected chi connectivity index (χ2v) is 5.29. The number of rotatable bonds is 2. The molecular formula is C18H14N2O2. The van der Waals surface area contributed by atoms with Crippen molar-refractivity contribution in [1.29, 1.82) is 0 Å². The quantitative estimate of drug-likeness (QED) is 0.726. The van der Waals surface area contributed by atoms with Gasteiger partial charge in [0.05, 0.1) is 19.2 Å². The van der Waals surface area contributed by atoms with Gasteiger partial charge >= 0.3 is 0 Å². The summed E-state index contributed by atoms with van der Waals surface area (Å²) in [5.41, 5.74) is 3.49. The Bertz CT molecular complexity index is 889. The fraction of sp³-hybridized carbons (Fsp3) is 0.111. The Balaban J connectivity index is 1.75. The van der Waals surface area contributed by atoms with Crippen LogP contribution in [0.4, 0.5) is 5.69 Å².